The summed E-state index contributed by atoms with van der Waals surface area (Å²) in [5, 5.41) is 18.1. The van der Waals surface area contributed by atoms with Gasteiger partial charge in [0.1, 0.15) is 0 Å². The summed E-state index contributed by atoms with van der Waals surface area (Å²) >= 11 is 1.53. The van der Waals surface area contributed by atoms with Gasteiger partial charge in [0.05, 0.1) is 5.69 Å². The second-order valence-corrected chi connectivity index (χ2v) is 4.34. The van der Waals surface area contributed by atoms with Crippen LogP contribution in [0.4, 0.5) is 10.5 Å². The van der Waals surface area contributed by atoms with Gasteiger partial charge in [0.2, 0.25) is 0 Å². The number of aliphatic hydroxyl groups is 1. The molecule has 0 saturated carbocycles. The van der Waals surface area contributed by atoms with Crippen molar-refractivity contribution < 1.29 is 9.90 Å². The van der Waals surface area contributed by atoms with E-state index in [4.69, 9.17) is 5.11 Å². The second kappa shape index (κ2) is 5.72. The molecule has 15 heavy (non-hydrogen) atoms. The Labute approximate surface area is 93.3 Å². The number of thiophene rings is 1. The van der Waals surface area contributed by atoms with E-state index in [-0.39, 0.29) is 24.6 Å². The third kappa shape index (κ3) is 3.89. The van der Waals surface area contributed by atoms with Crippen molar-refractivity contribution in [1.29, 1.82) is 0 Å². The van der Waals surface area contributed by atoms with E-state index in [1.165, 1.54) is 11.3 Å². The van der Waals surface area contributed by atoms with Crippen LogP contribution in [-0.2, 0) is 0 Å². The first-order valence-corrected chi connectivity index (χ1v) is 5.78. The van der Waals surface area contributed by atoms with E-state index in [1.807, 2.05) is 30.7 Å². The molecule has 1 aromatic rings. The SMILES string of the molecule is CC(CO)C(C)NC(=O)Nc1ccsc1. The number of rotatable bonds is 4. The number of anilines is 1. The van der Waals surface area contributed by atoms with Gasteiger partial charge in [0.15, 0.2) is 0 Å². The average Bonchev–Trinajstić information content (AvgIpc) is 2.68. The number of hydrogen-bond donors (Lipinski definition) is 3. The van der Waals surface area contributed by atoms with Crippen molar-refractivity contribution >= 4 is 23.1 Å². The van der Waals surface area contributed by atoms with Crippen LogP contribution in [0.15, 0.2) is 16.8 Å². The molecule has 0 aromatic carbocycles. The van der Waals surface area contributed by atoms with Crippen molar-refractivity contribution in [3.63, 3.8) is 0 Å². The quantitative estimate of drug-likeness (QED) is 0.737. The molecular formula is C10H16N2O2S. The molecular weight excluding hydrogens is 212 g/mol. The Hall–Kier alpha value is -1.07. The number of amides is 2. The maximum atomic E-state index is 11.4. The van der Waals surface area contributed by atoms with E-state index in [0.717, 1.165) is 5.69 Å². The lowest BCUT2D eigenvalue weighted by Gasteiger charge is -2.19. The predicted octanol–water partition coefficient (Wildman–Crippen LogP) is 1.89. The van der Waals surface area contributed by atoms with Gasteiger partial charge < -0.3 is 15.7 Å². The molecule has 84 valence electrons. The zero-order valence-corrected chi connectivity index (χ0v) is 9.67. The van der Waals surface area contributed by atoms with Gasteiger partial charge in [-0.3, -0.25) is 0 Å². The highest BCUT2D eigenvalue weighted by Gasteiger charge is 2.13. The molecule has 0 aliphatic heterocycles. The predicted molar refractivity (Wildman–Crippen MR) is 62.2 cm³/mol. The first-order chi connectivity index (χ1) is 7.13. The van der Waals surface area contributed by atoms with E-state index in [1.54, 1.807) is 0 Å². The Balaban J connectivity index is 2.36. The topological polar surface area (TPSA) is 61.4 Å². The zero-order chi connectivity index (χ0) is 11.3. The molecule has 0 aliphatic carbocycles. The number of carbonyl (C=O) groups excluding carboxylic acids is 1. The van der Waals surface area contributed by atoms with Crippen molar-refractivity contribution in [3.05, 3.63) is 16.8 Å². The average molecular weight is 228 g/mol. The van der Waals surface area contributed by atoms with E-state index in [0.29, 0.717) is 0 Å². The fourth-order valence-corrected chi connectivity index (χ4v) is 1.60. The Morgan fingerprint density at radius 3 is 2.87 bits per heavy atom. The van der Waals surface area contributed by atoms with E-state index in [9.17, 15) is 4.79 Å². The molecule has 2 unspecified atom stereocenters. The molecule has 0 saturated heterocycles. The molecule has 0 fully saturated rings. The molecule has 0 bridgehead atoms. The molecule has 2 atom stereocenters. The third-order valence-electron chi connectivity index (χ3n) is 2.28. The summed E-state index contributed by atoms with van der Waals surface area (Å²) < 4.78 is 0. The molecule has 4 nitrogen and oxygen atoms in total. The second-order valence-electron chi connectivity index (χ2n) is 3.56. The van der Waals surface area contributed by atoms with Crippen LogP contribution in [-0.4, -0.2) is 23.8 Å². The lowest BCUT2D eigenvalue weighted by Crippen LogP contribution is -2.40. The standard InChI is InChI=1S/C10H16N2O2S/c1-7(5-13)8(2)11-10(14)12-9-3-4-15-6-9/h3-4,6-8,13H,5H2,1-2H3,(H2,11,12,14). The van der Waals surface area contributed by atoms with E-state index < -0.39 is 0 Å². The van der Waals surface area contributed by atoms with Crippen LogP contribution in [0.25, 0.3) is 0 Å². The van der Waals surface area contributed by atoms with Crippen LogP contribution in [0.2, 0.25) is 0 Å². The maximum Gasteiger partial charge on any atom is 0.319 e. The molecule has 0 radical (unpaired) electrons. The Kier molecular flexibility index (Phi) is 4.58. The van der Waals surface area contributed by atoms with Crippen molar-refractivity contribution in [2.24, 2.45) is 5.92 Å². The lowest BCUT2D eigenvalue weighted by molar-refractivity contribution is 0.204. The van der Waals surface area contributed by atoms with Crippen molar-refractivity contribution in [1.82, 2.24) is 5.32 Å². The first-order valence-electron chi connectivity index (χ1n) is 4.84. The highest BCUT2D eigenvalue weighted by atomic mass is 32.1. The number of nitrogens with one attached hydrogen (secondary N) is 2. The zero-order valence-electron chi connectivity index (χ0n) is 8.86. The van der Waals surface area contributed by atoms with Crippen LogP contribution in [0.1, 0.15) is 13.8 Å². The maximum absolute atomic E-state index is 11.4. The summed E-state index contributed by atoms with van der Waals surface area (Å²) in [5.74, 6) is 0.0539. The van der Waals surface area contributed by atoms with Gasteiger partial charge in [-0.25, -0.2) is 4.79 Å². The van der Waals surface area contributed by atoms with E-state index in [2.05, 4.69) is 10.6 Å². The molecule has 2 amide bonds. The van der Waals surface area contributed by atoms with Gasteiger partial charge in [-0.05, 0) is 24.3 Å². The summed E-state index contributed by atoms with van der Waals surface area (Å²) in [6.45, 7) is 3.82. The normalized spacial score (nSPS) is 14.3. The summed E-state index contributed by atoms with van der Waals surface area (Å²) in [6.07, 6.45) is 0. The molecule has 3 N–H and O–H groups in total. The highest BCUT2D eigenvalue weighted by molar-refractivity contribution is 7.08. The Morgan fingerprint density at radius 1 is 1.60 bits per heavy atom. The summed E-state index contributed by atoms with van der Waals surface area (Å²) in [4.78, 5) is 11.4. The molecule has 1 aromatic heterocycles. The summed E-state index contributed by atoms with van der Waals surface area (Å²) in [5.41, 5.74) is 0.793. The molecule has 1 rings (SSSR count). The minimum atomic E-state index is -0.235. The van der Waals surface area contributed by atoms with Crippen LogP contribution in [0, 0.1) is 5.92 Å². The summed E-state index contributed by atoms with van der Waals surface area (Å²) in [7, 11) is 0. The Bertz CT molecular complexity index is 300. The highest BCUT2D eigenvalue weighted by Crippen LogP contribution is 2.11. The minimum absolute atomic E-state index is 0.0476. The van der Waals surface area contributed by atoms with Crippen LogP contribution in [0.5, 0.6) is 0 Å². The number of carbonyl (C=O) groups is 1. The first kappa shape index (κ1) is 12.0. The van der Waals surface area contributed by atoms with Crippen LogP contribution >= 0.6 is 11.3 Å². The fourth-order valence-electron chi connectivity index (χ4n) is 1.01. The minimum Gasteiger partial charge on any atom is -0.396 e. The van der Waals surface area contributed by atoms with E-state index >= 15 is 0 Å². The van der Waals surface area contributed by atoms with Crippen LogP contribution < -0.4 is 10.6 Å². The number of aliphatic hydroxyl groups excluding tert-OH is 1. The summed E-state index contributed by atoms with van der Waals surface area (Å²) in [6, 6.07) is 1.56. The lowest BCUT2D eigenvalue weighted by atomic mass is 10.1. The van der Waals surface area contributed by atoms with Crippen molar-refractivity contribution in [2.75, 3.05) is 11.9 Å². The smallest absolute Gasteiger partial charge is 0.319 e. The van der Waals surface area contributed by atoms with Crippen LogP contribution in [0.3, 0.4) is 0 Å². The third-order valence-corrected chi connectivity index (χ3v) is 2.96. The van der Waals surface area contributed by atoms with Gasteiger partial charge in [-0.2, -0.15) is 11.3 Å². The fraction of sp³-hybridized carbons (Fsp3) is 0.500. The van der Waals surface area contributed by atoms with Gasteiger partial charge in [-0.15, -0.1) is 0 Å². The molecule has 0 aliphatic rings. The number of urea groups is 1. The monoisotopic (exact) mass is 228 g/mol. The Morgan fingerprint density at radius 2 is 2.33 bits per heavy atom. The van der Waals surface area contributed by atoms with Crippen molar-refractivity contribution in [3.8, 4) is 0 Å². The molecule has 1 heterocycles. The molecule has 0 spiro atoms. The van der Waals surface area contributed by atoms with Gasteiger partial charge in [0.25, 0.3) is 0 Å². The van der Waals surface area contributed by atoms with Crippen molar-refractivity contribution in [2.45, 2.75) is 19.9 Å². The number of hydrogen-bond acceptors (Lipinski definition) is 3. The largest absolute Gasteiger partial charge is 0.396 e. The van der Waals surface area contributed by atoms with Gasteiger partial charge in [-0.1, -0.05) is 6.92 Å². The molecule has 5 heteroatoms. The van der Waals surface area contributed by atoms with Gasteiger partial charge in [0, 0.05) is 18.0 Å². The van der Waals surface area contributed by atoms with Gasteiger partial charge >= 0.3 is 6.03 Å².